The molecular weight excluding hydrogens is 306 g/mol. The van der Waals surface area contributed by atoms with Crippen LogP contribution in [0.25, 0.3) is 0 Å². The maximum atomic E-state index is 10.7. The molecule has 5 heteroatoms. The second kappa shape index (κ2) is 5.19. The van der Waals surface area contributed by atoms with Crippen molar-refractivity contribution in [1.29, 1.82) is 0 Å². The van der Waals surface area contributed by atoms with Gasteiger partial charge in [-0.1, -0.05) is 6.42 Å². The Labute approximate surface area is 122 Å². The number of aliphatic hydroxyl groups excluding tert-OH is 1. The van der Waals surface area contributed by atoms with Crippen LogP contribution in [-0.4, -0.2) is 40.4 Å². The summed E-state index contributed by atoms with van der Waals surface area (Å²) >= 11 is 3.54. The lowest BCUT2D eigenvalue weighted by Crippen LogP contribution is -2.21. The van der Waals surface area contributed by atoms with Crippen molar-refractivity contribution >= 4 is 15.9 Å². The highest BCUT2D eigenvalue weighted by Gasteiger charge is 2.56. The van der Waals surface area contributed by atoms with Gasteiger partial charge in [-0.25, -0.2) is 0 Å². The average Bonchev–Trinajstić information content (AvgIpc) is 2.73. The largest absolute Gasteiger partial charge is 0.386 e. The van der Waals surface area contributed by atoms with Crippen LogP contribution in [0.1, 0.15) is 31.1 Å². The molecule has 3 atom stereocenters. The van der Waals surface area contributed by atoms with E-state index in [1.165, 1.54) is 19.3 Å². The van der Waals surface area contributed by atoms with Gasteiger partial charge in [0.2, 0.25) is 0 Å². The van der Waals surface area contributed by atoms with Gasteiger partial charge in [-0.05, 0) is 60.6 Å². The van der Waals surface area contributed by atoms with Crippen LogP contribution in [0.4, 0.5) is 0 Å². The van der Waals surface area contributed by atoms with Crippen LogP contribution in [0, 0.1) is 17.8 Å². The summed E-state index contributed by atoms with van der Waals surface area (Å²) in [5.41, 5.74) is 0.973. The molecule has 0 bridgehead atoms. The van der Waals surface area contributed by atoms with E-state index in [1.54, 1.807) is 0 Å². The number of fused-ring (bicyclic) bond motifs is 1. The molecule has 2 aliphatic carbocycles. The van der Waals surface area contributed by atoms with Gasteiger partial charge in [-0.3, -0.25) is 4.68 Å². The first kappa shape index (κ1) is 13.6. The highest BCUT2D eigenvalue weighted by atomic mass is 79.9. The van der Waals surface area contributed by atoms with Gasteiger partial charge in [0.25, 0.3) is 0 Å². The normalized spacial score (nSPS) is 30.7. The number of aliphatic hydroxyl groups is 1. The minimum absolute atomic E-state index is 0.352. The molecule has 19 heavy (non-hydrogen) atoms. The van der Waals surface area contributed by atoms with Gasteiger partial charge in [-0.15, -0.1) is 0 Å². The predicted molar refractivity (Wildman–Crippen MR) is 77.8 cm³/mol. The second-order valence-corrected chi connectivity index (χ2v) is 7.04. The fourth-order valence-electron chi connectivity index (χ4n) is 3.67. The van der Waals surface area contributed by atoms with Gasteiger partial charge in [0.15, 0.2) is 0 Å². The molecule has 0 saturated heterocycles. The molecule has 2 aliphatic rings. The molecule has 1 N–H and O–H groups in total. The molecule has 0 radical (unpaired) electrons. The zero-order chi connectivity index (χ0) is 13.6. The molecule has 106 valence electrons. The van der Waals surface area contributed by atoms with E-state index in [9.17, 15) is 5.11 Å². The second-order valence-electron chi connectivity index (χ2n) is 6.18. The maximum absolute atomic E-state index is 10.7. The third-order valence-electron chi connectivity index (χ3n) is 4.71. The molecule has 1 aromatic rings. The van der Waals surface area contributed by atoms with Crippen molar-refractivity contribution in [3.8, 4) is 0 Å². The number of halogens is 1. The van der Waals surface area contributed by atoms with E-state index in [2.05, 4.69) is 40.0 Å². The minimum Gasteiger partial charge on any atom is -0.386 e. The molecule has 4 nitrogen and oxygen atoms in total. The SMILES string of the molecule is CN(C)CCn1ncc(Br)c1C(O)C1C2CCCC21. The summed E-state index contributed by atoms with van der Waals surface area (Å²) in [6.45, 7) is 1.76. The Bertz CT molecular complexity index is 450. The zero-order valence-electron chi connectivity index (χ0n) is 11.6. The van der Waals surface area contributed by atoms with Crippen molar-refractivity contribution in [3.63, 3.8) is 0 Å². The number of hydrogen-bond donors (Lipinski definition) is 1. The highest BCUT2D eigenvalue weighted by Crippen LogP contribution is 2.62. The monoisotopic (exact) mass is 327 g/mol. The van der Waals surface area contributed by atoms with Crippen molar-refractivity contribution in [2.75, 3.05) is 20.6 Å². The van der Waals surface area contributed by atoms with Crippen molar-refractivity contribution in [1.82, 2.24) is 14.7 Å². The number of hydrogen-bond acceptors (Lipinski definition) is 3. The van der Waals surface area contributed by atoms with E-state index in [0.717, 1.165) is 35.1 Å². The topological polar surface area (TPSA) is 41.3 Å². The summed E-state index contributed by atoms with van der Waals surface area (Å²) < 4.78 is 2.91. The van der Waals surface area contributed by atoms with E-state index in [0.29, 0.717) is 5.92 Å². The molecule has 3 rings (SSSR count). The maximum Gasteiger partial charge on any atom is 0.100 e. The van der Waals surface area contributed by atoms with Crippen LogP contribution in [0.5, 0.6) is 0 Å². The van der Waals surface area contributed by atoms with Crippen LogP contribution in [0.2, 0.25) is 0 Å². The summed E-state index contributed by atoms with van der Waals surface area (Å²) in [4.78, 5) is 2.14. The number of aromatic nitrogens is 2. The van der Waals surface area contributed by atoms with Gasteiger partial charge < -0.3 is 10.0 Å². The molecule has 0 aliphatic heterocycles. The van der Waals surface area contributed by atoms with E-state index in [1.807, 2.05) is 10.9 Å². The zero-order valence-corrected chi connectivity index (χ0v) is 13.2. The van der Waals surface area contributed by atoms with Gasteiger partial charge in [0.1, 0.15) is 6.10 Å². The van der Waals surface area contributed by atoms with Crippen molar-refractivity contribution in [2.24, 2.45) is 17.8 Å². The molecule has 1 aromatic heterocycles. The highest BCUT2D eigenvalue weighted by molar-refractivity contribution is 9.10. The lowest BCUT2D eigenvalue weighted by Gasteiger charge is -2.17. The number of rotatable bonds is 5. The summed E-state index contributed by atoms with van der Waals surface area (Å²) in [6, 6.07) is 0. The summed E-state index contributed by atoms with van der Waals surface area (Å²) in [6.07, 6.45) is 5.41. The predicted octanol–water partition coefficient (Wildman–Crippen LogP) is 2.29. The van der Waals surface area contributed by atoms with Crippen LogP contribution < -0.4 is 0 Å². The molecular formula is C14H22BrN3O. The molecule has 2 saturated carbocycles. The smallest absolute Gasteiger partial charge is 0.100 e. The lowest BCUT2D eigenvalue weighted by molar-refractivity contribution is 0.125. The van der Waals surface area contributed by atoms with Crippen LogP contribution in [0.15, 0.2) is 10.7 Å². The number of nitrogens with zero attached hydrogens (tertiary/aromatic N) is 3. The van der Waals surface area contributed by atoms with Crippen molar-refractivity contribution in [3.05, 3.63) is 16.4 Å². The Balaban J connectivity index is 1.74. The Morgan fingerprint density at radius 1 is 1.47 bits per heavy atom. The third kappa shape index (κ3) is 2.48. The Hall–Kier alpha value is -0.390. The third-order valence-corrected chi connectivity index (χ3v) is 5.32. The molecule has 3 unspecified atom stereocenters. The van der Waals surface area contributed by atoms with E-state index in [4.69, 9.17) is 0 Å². The molecule has 0 aromatic carbocycles. The molecule has 0 spiro atoms. The number of likely N-dealkylation sites (N-methyl/N-ethyl adjacent to an activating group) is 1. The van der Waals surface area contributed by atoms with Crippen molar-refractivity contribution < 1.29 is 5.11 Å². The average molecular weight is 328 g/mol. The Kier molecular flexibility index (Phi) is 3.71. The van der Waals surface area contributed by atoms with E-state index >= 15 is 0 Å². The van der Waals surface area contributed by atoms with Gasteiger partial charge in [-0.2, -0.15) is 5.10 Å². The van der Waals surface area contributed by atoms with Crippen LogP contribution >= 0.6 is 15.9 Å². The lowest BCUT2D eigenvalue weighted by atomic mass is 10.0. The van der Waals surface area contributed by atoms with E-state index in [-0.39, 0.29) is 6.10 Å². The standard InChI is InChI=1S/C14H22BrN3O/c1-17(2)6-7-18-13(11(15)8-16-18)14(19)12-9-4-3-5-10(9)12/h8-10,12,14,19H,3-7H2,1-2H3. The van der Waals surface area contributed by atoms with E-state index < -0.39 is 0 Å². The first-order valence-corrected chi connectivity index (χ1v) is 7.93. The molecule has 0 amide bonds. The van der Waals surface area contributed by atoms with Crippen LogP contribution in [0.3, 0.4) is 0 Å². The fraction of sp³-hybridized carbons (Fsp3) is 0.786. The molecule has 1 heterocycles. The Morgan fingerprint density at radius 2 is 2.16 bits per heavy atom. The summed E-state index contributed by atoms with van der Waals surface area (Å²) in [7, 11) is 4.11. The first-order valence-electron chi connectivity index (χ1n) is 7.13. The first-order chi connectivity index (χ1) is 9.09. The van der Waals surface area contributed by atoms with Crippen molar-refractivity contribution in [2.45, 2.75) is 31.9 Å². The van der Waals surface area contributed by atoms with Gasteiger partial charge in [0, 0.05) is 6.54 Å². The van der Waals surface area contributed by atoms with Gasteiger partial charge >= 0.3 is 0 Å². The summed E-state index contributed by atoms with van der Waals surface area (Å²) in [5.74, 6) is 2.00. The minimum atomic E-state index is -0.352. The van der Waals surface area contributed by atoms with Gasteiger partial charge in [0.05, 0.1) is 22.9 Å². The fourth-order valence-corrected chi connectivity index (χ4v) is 4.20. The van der Waals surface area contributed by atoms with Crippen LogP contribution in [-0.2, 0) is 6.54 Å². The Morgan fingerprint density at radius 3 is 2.79 bits per heavy atom. The summed E-state index contributed by atoms with van der Waals surface area (Å²) in [5, 5.41) is 15.1. The molecule has 2 fully saturated rings. The quantitative estimate of drug-likeness (QED) is 0.902.